The van der Waals surface area contributed by atoms with Gasteiger partial charge in [-0.15, -0.1) is 0 Å². The number of benzene rings is 1. The second-order valence-electron chi connectivity index (χ2n) is 8.19. The molecule has 2 N–H and O–H groups in total. The van der Waals surface area contributed by atoms with Crippen LogP contribution in [0.15, 0.2) is 35.4 Å². The number of hydrogen-bond donors (Lipinski definition) is 2. The summed E-state index contributed by atoms with van der Waals surface area (Å²) >= 11 is 0. The maximum atomic E-state index is 12.6. The summed E-state index contributed by atoms with van der Waals surface area (Å²) in [5.41, 5.74) is 2.51. The van der Waals surface area contributed by atoms with E-state index in [4.69, 9.17) is 0 Å². The molecule has 12 heteroatoms. The Balaban J connectivity index is 1.41. The molecule has 0 spiro atoms. The average Bonchev–Trinajstić information content (AvgIpc) is 3.39. The molecule has 3 aromatic heterocycles. The maximum Gasteiger partial charge on any atom is 0.326 e. The number of carbonyl (C=O) groups excluding carboxylic acids is 1. The van der Waals surface area contributed by atoms with Gasteiger partial charge in [0.2, 0.25) is 5.82 Å². The number of aryl methyl sites for hydroxylation is 1. The molecule has 0 unspecified atom stereocenters. The van der Waals surface area contributed by atoms with Crippen LogP contribution in [-0.2, 0) is 6.54 Å². The number of H-pyrrole nitrogens is 1. The number of para-hydroxylation sites is 2. The zero-order chi connectivity index (χ0) is 23.8. The van der Waals surface area contributed by atoms with Gasteiger partial charge in [-0.05, 0) is 31.9 Å². The summed E-state index contributed by atoms with van der Waals surface area (Å²) in [6.45, 7) is 2.75. The van der Waals surface area contributed by atoms with Gasteiger partial charge in [0.15, 0.2) is 17.0 Å². The van der Waals surface area contributed by atoms with Gasteiger partial charge in [-0.2, -0.15) is 0 Å². The third-order valence-electron chi connectivity index (χ3n) is 6.20. The zero-order valence-electron chi connectivity index (χ0n) is 18.5. The number of aromatic amines is 1. The van der Waals surface area contributed by atoms with E-state index in [0.29, 0.717) is 36.6 Å². The Labute approximate surface area is 192 Å². The molecule has 1 aliphatic rings. The first-order valence-corrected chi connectivity index (χ1v) is 11.2. The standard InChI is InChI=1S/C22H24F2N8O2/c1-2-31-19-17(29-20(31)21(33)25-11-16(23)24)18(26-12-27-19)30-9-7-13(8-10-30)32-15-6-4-3-5-14(15)28-22(32)34/h3-6,12-13,16H,2,7-11H2,1H3,(H,25,33)(H,28,34). The van der Waals surface area contributed by atoms with Crippen molar-refractivity contribution in [2.75, 3.05) is 24.5 Å². The number of hydrogen-bond acceptors (Lipinski definition) is 6. The minimum absolute atomic E-state index is 0.0279. The summed E-state index contributed by atoms with van der Waals surface area (Å²) in [6.07, 6.45) is 0.222. The van der Waals surface area contributed by atoms with Gasteiger partial charge in [0.1, 0.15) is 6.33 Å². The Kier molecular flexibility index (Phi) is 5.72. The molecule has 5 rings (SSSR count). The molecule has 1 aliphatic heterocycles. The lowest BCUT2D eigenvalue weighted by Gasteiger charge is -2.33. The molecular weight excluding hydrogens is 446 g/mol. The Morgan fingerprint density at radius 1 is 1.24 bits per heavy atom. The number of halogens is 2. The first kappa shape index (κ1) is 22.0. The SMILES string of the molecule is CCn1c(C(=O)NCC(F)F)nc2c(N3CCC(n4c(=O)[nH]c5ccccc54)CC3)ncnc21. The minimum atomic E-state index is -2.65. The number of rotatable bonds is 6. The monoisotopic (exact) mass is 470 g/mol. The molecule has 0 saturated carbocycles. The second-order valence-corrected chi connectivity index (χ2v) is 8.19. The van der Waals surface area contributed by atoms with Crippen molar-refractivity contribution in [3.05, 3.63) is 46.9 Å². The second kappa shape index (κ2) is 8.84. The van der Waals surface area contributed by atoms with Gasteiger partial charge in [0.25, 0.3) is 12.3 Å². The van der Waals surface area contributed by atoms with Crippen molar-refractivity contribution in [2.45, 2.75) is 38.8 Å². The van der Waals surface area contributed by atoms with E-state index < -0.39 is 18.9 Å². The number of carbonyl (C=O) groups is 1. The number of imidazole rings is 2. The average molecular weight is 470 g/mol. The smallest absolute Gasteiger partial charge is 0.326 e. The number of aromatic nitrogens is 6. The highest BCUT2D eigenvalue weighted by molar-refractivity contribution is 5.96. The third kappa shape index (κ3) is 3.78. The van der Waals surface area contributed by atoms with Crippen molar-refractivity contribution in [1.29, 1.82) is 0 Å². The summed E-state index contributed by atoms with van der Waals surface area (Å²) in [5, 5.41) is 2.20. The number of piperidine rings is 1. The van der Waals surface area contributed by atoms with Crippen molar-refractivity contribution in [3.8, 4) is 0 Å². The van der Waals surface area contributed by atoms with Crippen LogP contribution < -0.4 is 15.9 Å². The highest BCUT2D eigenvalue weighted by Gasteiger charge is 2.28. The quantitative estimate of drug-likeness (QED) is 0.447. The molecule has 1 amide bonds. The van der Waals surface area contributed by atoms with E-state index in [1.165, 1.54) is 6.33 Å². The summed E-state index contributed by atoms with van der Waals surface area (Å²) in [4.78, 5) is 43.2. The highest BCUT2D eigenvalue weighted by Crippen LogP contribution is 2.30. The number of nitrogens with one attached hydrogen (secondary N) is 2. The van der Waals surface area contributed by atoms with E-state index in [9.17, 15) is 18.4 Å². The molecule has 0 aliphatic carbocycles. The van der Waals surface area contributed by atoms with Crippen molar-refractivity contribution in [3.63, 3.8) is 0 Å². The van der Waals surface area contributed by atoms with Crippen LogP contribution in [0, 0.1) is 0 Å². The van der Waals surface area contributed by atoms with Crippen LogP contribution in [0.1, 0.15) is 36.4 Å². The molecule has 4 aromatic rings. The Bertz CT molecular complexity index is 1400. The Hall–Kier alpha value is -3.83. The van der Waals surface area contributed by atoms with Crippen LogP contribution in [0.4, 0.5) is 14.6 Å². The summed E-state index contributed by atoms with van der Waals surface area (Å²) in [7, 11) is 0. The van der Waals surface area contributed by atoms with Crippen molar-refractivity contribution < 1.29 is 13.6 Å². The van der Waals surface area contributed by atoms with Crippen LogP contribution in [0.2, 0.25) is 0 Å². The molecule has 10 nitrogen and oxygen atoms in total. The van der Waals surface area contributed by atoms with Crippen LogP contribution in [-0.4, -0.2) is 61.0 Å². The fourth-order valence-corrected chi connectivity index (χ4v) is 4.65. The van der Waals surface area contributed by atoms with Crippen LogP contribution >= 0.6 is 0 Å². The van der Waals surface area contributed by atoms with Crippen LogP contribution in [0.5, 0.6) is 0 Å². The van der Waals surface area contributed by atoms with Gasteiger partial charge in [0, 0.05) is 25.7 Å². The third-order valence-corrected chi connectivity index (χ3v) is 6.20. The van der Waals surface area contributed by atoms with Gasteiger partial charge < -0.3 is 19.8 Å². The maximum absolute atomic E-state index is 12.6. The van der Waals surface area contributed by atoms with Gasteiger partial charge in [-0.1, -0.05) is 12.1 Å². The van der Waals surface area contributed by atoms with Crippen molar-refractivity contribution in [2.24, 2.45) is 0 Å². The van der Waals surface area contributed by atoms with E-state index in [1.807, 2.05) is 35.8 Å². The Morgan fingerprint density at radius 2 is 2.00 bits per heavy atom. The lowest BCUT2D eigenvalue weighted by atomic mass is 10.0. The first-order chi connectivity index (χ1) is 16.5. The molecule has 0 radical (unpaired) electrons. The molecule has 1 fully saturated rings. The molecule has 1 saturated heterocycles. The van der Waals surface area contributed by atoms with Crippen molar-refractivity contribution >= 4 is 33.9 Å². The number of nitrogens with zero attached hydrogens (tertiary/aromatic N) is 6. The predicted octanol–water partition coefficient (Wildman–Crippen LogP) is 2.33. The van der Waals surface area contributed by atoms with Crippen LogP contribution in [0.3, 0.4) is 0 Å². The fraction of sp³-hybridized carbons (Fsp3) is 0.409. The summed E-state index contributed by atoms with van der Waals surface area (Å²) < 4.78 is 28.5. The topological polar surface area (TPSA) is 114 Å². The number of amides is 1. The number of anilines is 1. The lowest BCUT2D eigenvalue weighted by Crippen LogP contribution is -2.37. The van der Waals surface area contributed by atoms with Crippen molar-refractivity contribution in [1.82, 2.24) is 34.4 Å². The normalized spacial score (nSPS) is 15.0. The van der Waals surface area contributed by atoms with Gasteiger partial charge in [-0.25, -0.2) is 28.5 Å². The van der Waals surface area contributed by atoms with E-state index in [-0.39, 0.29) is 17.6 Å². The zero-order valence-corrected chi connectivity index (χ0v) is 18.5. The highest BCUT2D eigenvalue weighted by atomic mass is 19.3. The van der Waals surface area contributed by atoms with E-state index in [1.54, 1.807) is 4.57 Å². The molecule has 0 bridgehead atoms. The Morgan fingerprint density at radius 3 is 2.74 bits per heavy atom. The summed E-state index contributed by atoms with van der Waals surface area (Å²) in [5.74, 6) is -0.0616. The van der Waals surface area contributed by atoms with E-state index >= 15 is 0 Å². The van der Waals surface area contributed by atoms with Gasteiger partial charge >= 0.3 is 5.69 Å². The number of fused-ring (bicyclic) bond motifs is 2. The number of alkyl halides is 2. The van der Waals surface area contributed by atoms with Gasteiger partial charge in [0.05, 0.1) is 17.6 Å². The first-order valence-electron chi connectivity index (χ1n) is 11.2. The van der Waals surface area contributed by atoms with Gasteiger partial charge in [-0.3, -0.25) is 9.36 Å². The summed E-state index contributed by atoms with van der Waals surface area (Å²) in [6, 6.07) is 7.67. The lowest BCUT2D eigenvalue weighted by molar-refractivity contribution is 0.0878. The molecule has 1 aromatic carbocycles. The predicted molar refractivity (Wildman–Crippen MR) is 122 cm³/mol. The fourth-order valence-electron chi connectivity index (χ4n) is 4.65. The molecular formula is C22H24F2N8O2. The molecule has 4 heterocycles. The molecule has 178 valence electrons. The minimum Gasteiger partial charge on any atom is -0.355 e. The van der Waals surface area contributed by atoms with Crippen LogP contribution in [0.25, 0.3) is 22.2 Å². The van der Waals surface area contributed by atoms with E-state index in [2.05, 4.69) is 30.2 Å². The molecule has 34 heavy (non-hydrogen) atoms. The van der Waals surface area contributed by atoms with E-state index in [0.717, 1.165) is 23.9 Å². The largest absolute Gasteiger partial charge is 0.355 e. The molecule has 0 atom stereocenters.